The number of nitrogens with one attached hydrogen (secondary N) is 1. The van der Waals surface area contributed by atoms with Gasteiger partial charge in [0.15, 0.2) is 6.61 Å². The molecule has 0 bridgehead atoms. The zero-order chi connectivity index (χ0) is 13.9. The summed E-state index contributed by atoms with van der Waals surface area (Å²) in [7, 11) is -3.26. The number of sulfonamides is 1. The minimum atomic E-state index is -3.26. The molecule has 1 aromatic rings. The van der Waals surface area contributed by atoms with Crippen molar-refractivity contribution in [2.24, 2.45) is 0 Å². The van der Waals surface area contributed by atoms with Crippen molar-refractivity contribution >= 4 is 15.9 Å². The fraction of sp³-hybridized carbons (Fsp3) is 0.600. The molecule has 0 aliphatic carbocycles. The van der Waals surface area contributed by atoms with E-state index in [2.05, 4.69) is 9.88 Å². The minimum absolute atomic E-state index is 0.0954. The van der Waals surface area contributed by atoms with Crippen molar-refractivity contribution in [2.75, 3.05) is 32.0 Å². The van der Waals surface area contributed by atoms with Gasteiger partial charge in [0.25, 0.3) is 11.8 Å². The molecule has 1 aliphatic rings. The van der Waals surface area contributed by atoms with Crippen molar-refractivity contribution in [3.8, 4) is 5.88 Å². The normalized spacial score (nSPS) is 18.9. The van der Waals surface area contributed by atoms with E-state index in [-0.39, 0.29) is 37.2 Å². The van der Waals surface area contributed by atoms with E-state index in [1.54, 1.807) is 13.0 Å². The van der Waals surface area contributed by atoms with Crippen LogP contribution in [0.3, 0.4) is 0 Å². The predicted molar refractivity (Wildman–Crippen MR) is 65.1 cm³/mol. The summed E-state index contributed by atoms with van der Waals surface area (Å²) < 4.78 is 35.0. The van der Waals surface area contributed by atoms with Crippen LogP contribution in [0.2, 0.25) is 0 Å². The third-order valence-electron chi connectivity index (χ3n) is 2.64. The minimum Gasteiger partial charge on any atom is -0.465 e. The average Bonchev–Trinajstić information content (AvgIpc) is 2.67. The van der Waals surface area contributed by atoms with Crippen LogP contribution in [-0.2, 0) is 14.8 Å². The van der Waals surface area contributed by atoms with E-state index in [9.17, 15) is 13.2 Å². The van der Waals surface area contributed by atoms with Gasteiger partial charge in [0.2, 0.25) is 10.0 Å². The highest BCUT2D eigenvalue weighted by atomic mass is 32.2. The Balaban J connectivity index is 1.86. The molecule has 19 heavy (non-hydrogen) atoms. The number of amides is 1. The third kappa shape index (κ3) is 3.93. The zero-order valence-electron chi connectivity index (χ0n) is 10.5. The van der Waals surface area contributed by atoms with E-state index >= 15 is 0 Å². The number of hydrogen-bond acceptors (Lipinski definition) is 6. The Kier molecular flexibility index (Phi) is 4.05. The summed E-state index contributed by atoms with van der Waals surface area (Å²) >= 11 is 0. The lowest BCUT2D eigenvalue weighted by molar-refractivity contribution is -0.133. The first-order valence-corrected chi connectivity index (χ1v) is 7.43. The van der Waals surface area contributed by atoms with Crippen molar-refractivity contribution in [3.05, 3.63) is 11.8 Å². The maximum atomic E-state index is 11.9. The van der Waals surface area contributed by atoms with Gasteiger partial charge in [-0.3, -0.25) is 4.79 Å². The molecule has 1 fully saturated rings. The Labute approximate surface area is 110 Å². The summed E-state index contributed by atoms with van der Waals surface area (Å²) in [5.41, 5.74) is 0. The first kappa shape index (κ1) is 13.8. The summed E-state index contributed by atoms with van der Waals surface area (Å²) in [6.07, 6.45) is 0. The third-order valence-corrected chi connectivity index (χ3v) is 4.00. The standard InChI is InChI=1S/C10H15N3O5S/c1-8-6-9(12-18-8)17-7-10(14)13-3-2-11-19(15,16)5-4-13/h6,11H,2-5,7H2,1H3. The van der Waals surface area contributed by atoms with E-state index in [0.717, 1.165) is 0 Å². The zero-order valence-corrected chi connectivity index (χ0v) is 11.3. The van der Waals surface area contributed by atoms with Gasteiger partial charge in [-0.15, -0.1) is 0 Å². The van der Waals surface area contributed by atoms with Gasteiger partial charge in [0.1, 0.15) is 5.76 Å². The Morgan fingerprint density at radius 3 is 3.05 bits per heavy atom. The second-order valence-electron chi connectivity index (χ2n) is 4.16. The van der Waals surface area contributed by atoms with Gasteiger partial charge in [-0.2, -0.15) is 0 Å². The molecular formula is C10H15N3O5S. The topological polar surface area (TPSA) is 102 Å². The highest BCUT2D eigenvalue weighted by molar-refractivity contribution is 7.89. The highest BCUT2D eigenvalue weighted by Gasteiger charge is 2.22. The Bertz CT molecular complexity index is 553. The second-order valence-corrected chi connectivity index (χ2v) is 6.08. The van der Waals surface area contributed by atoms with Crippen LogP contribution in [0.1, 0.15) is 5.76 Å². The number of rotatable bonds is 3. The van der Waals surface area contributed by atoms with Crippen LogP contribution in [-0.4, -0.2) is 56.4 Å². The summed E-state index contributed by atoms with van der Waals surface area (Å²) in [5, 5.41) is 3.60. The molecule has 9 heteroatoms. The van der Waals surface area contributed by atoms with Gasteiger partial charge in [-0.05, 0) is 12.1 Å². The molecule has 8 nitrogen and oxygen atoms in total. The van der Waals surface area contributed by atoms with Gasteiger partial charge in [-0.1, -0.05) is 0 Å². The van der Waals surface area contributed by atoms with Crippen LogP contribution >= 0.6 is 0 Å². The molecule has 0 aromatic carbocycles. The van der Waals surface area contributed by atoms with Crippen LogP contribution in [0.25, 0.3) is 0 Å². The van der Waals surface area contributed by atoms with E-state index < -0.39 is 10.0 Å². The molecule has 1 saturated heterocycles. The van der Waals surface area contributed by atoms with Crippen LogP contribution in [0.15, 0.2) is 10.6 Å². The van der Waals surface area contributed by atoms with Crippen molar-refractivity contribution in [1.82, 2.24) is 14.8 Å². The molecule has 1 aliphatic heterocycles. The summed E-state index contributed by atoms with van der Waals surface area (Å²) in [6, 6.07) is 1.57. The number of aryl methyl sites for hydroxylation is 1. The van der Waals surface area contributed by atoms with Crippen LogP contribution in [0.5, 0.6) is 5.88 Å². The van der Waals surface area contributed by atoms with Crippen molar-refractivity contribution in [3.63, 3.8) is 0 Å². The van der Waals surface area contributed by atoms with Gasteiger partial charge in [0.05, 0.1) is 5.75 Å². The number of nitrogens with zero attached hydrogens (tertiary/aromatic N) is 2. The van der Waals surface area contributed by atoms with Gasteiger partial charge >= 0.3 is 0 Å². The lowest BCUT2D eigenvalue weighted by Gasteiger charge is -2.18. The van der Waals surface area contributed by atoms with Crippen molar-refractivity contribution < 1.29 is 22.5 Å². The SMILES string of the molecule is Cc1cc(OCC(=O)N2CCNS(=O)(=O)CC2)no1. The van der Waals surface area contributed by atoms with Gasteiger partial charge in [-0.25, -0.2) is 13.1 Å². The van der Waals surface area contributed by atoms with E-state index in [1.807, 2.05) is 0 Å². The van der Waals surface area contributed by atoms with Crippen LogP contribution < -0.4 is 9.46 Å². The molecular weight excluding hydrogens is 274 g/mol. The summed E-state index contributed by atoms with van der Waals surface area (Å²) in [4.78, 5) is 13.3. The second kappa shape index (κ2) is 5.57. The van der Waals surface area contributed by atoms with Gasteiger partial charge < -0.3 is 14.2 Å². The smallest absolute Gasteiger partial charge is 0.260 e. The van der Waals surface area contributed by atoms with Crippen LogP contribution in [0.4, 0.5) is 0 Å². The Morgan fingerprint density at radius 1 is 1.58 bits per heavy atom. The first-order valence-electron chi connectivity index (χ1n) is 5.77. The molecule has 106 valence electrons. The molecule has 0 radical (unpaired) electrons. The molecule has 2 rings (SSSR count). The lowest BCUT2D eigenvalue weighted by Crippen LogP contribution is -2.38. The quantitative estimate of drug-likeness (QED) is 0.775. The number of aromatic nitrogens is 1. The summed E-state index contributed by atoms with van der Waals surface area (Å²) in [5.74, 6) is 0.459. The molecule has 1 amide bonds. The number of hydrogen-bond donors (Lipinski definition) is 1. The largest absolute Gasteiger partial charge is 0.465 e. The molecule has 0 atom stereocenters. The monoisotopic (exact) mass is 289 g/mol. The predicted octanol–water partition coefficient (Wildman–Crippen LogP) is -0.877. The van der Waals surface area contributed by atoms with Crippen LogP contribution in [0, 0.1) is 6.92 Å². The summed E-state index contributed by atoms with van der Waals surface area (Å²) in [6.45, 7) is 2.24. The number of carbonyl (C=O) groups excluding carboxylic acids is 1. The Morgan fingerprint density at radius 2 is 2.37 bits per heavy atom. The van der Waals surface area contributed by atoms with E-state index in [4.69, 9.17) is 9.26 Å². The molecule has 0 spiro atoms. The Hall–Kier alpha value is -1.61. The molecule has 2 heterocycles. The van der Waals surface area contributed by atoms with Crippen molar-refractivity contribution in [1.29, 1.82) is 0 Å². The fourth-order valence-corrected chi connectivity index (χ4v) is 2.65. The van der Waals surface area contributed by atoms with Gasteiger partial charge in [0, 0.05) is 25.7 Å². The number of ether oxygens (including phenoxy) is 1. The highest BCUT2D eigenvalue weighted by Crippen LogP contribution is 2.10. The number of carbonyl (C=O) groups is 1. The maximum Gasteiger partial charge on any atom is 0.260 e. The molecule has 1 aromatic heterocycles. The molecule has 0 unspecified atom stereocenters. The average molecular weight is 289 g/mol. The molecule has 1 N–H and O–H groups in total. The fourth-order valence-electron chi connectivity index (χ4n) is 1.64. The molecule has 0 saturated carbocycles. The lowest BCUT2D eigenvalue weighted by atomic mass is 10.4. The maximum absolute atomic E-state index is 11.9. The van der Waals surface area contributed by atoms with E-state index in [0.29, 0.717) is 12.3 Å². The van der Waals surface area contributed by atoms with Crippen molar-refractivity contribution in [2.45, 2.75) is 6.92 Å². The van der Waals surface area contributed by atoms with E-state index in [1.165, 1.54) is 4.90 Å². The first-order chi connectivity index (χ1) is 8.96.